The fraction of sp³-hybridized carbons (Fsp3) is 0.571. The normalized spacial score (nSPS) is 11.2. The summed E-state index contributed by atoms with van der Waals surface area (Å²) in [5.74, 6) is 0. The van der Waals surface area contributed by atoms with Crippen LogP contribution in [-0.2, 0) is 19.3 Å². The van der Waals surface area contributed by atoms with E-state index < -0.39 is 11.9 Å². The van der Waals surface area contributed by atoms with Crippen molar-refractivity contribution in [2.24, 2.45) is 5.11 Å². The molecule has 0 saturated carbocycles. The van der Waals surface area contributed by atoms with Crippen molar-refractivity contribution < 1.29 is 13.2 Å². The van der Waals surface area contributed by atoms with Crippen molar-refractivity contribution in [3.63, 3.8) is 0 Å². The first-order valence-corrected chi connectivity index (χ1v) is 4.13. The lowest BCUT2D eigenvalue weighted by atomic mass is 10.3. The number of azide groups is 1. The van der Waals surface area contributed by atoms with Crippen LogP contribution in [-0.4, -0.2) is 9.78 Å². The van der Waals surface area contributed by atoms with Crippen LogP contribution in [0.1, 0.15) is 18.3 Å². The van der Waals surface area contributed by atoms with E-state index in [4.69, 9.17) is 5.53 Å². The summed E-state index contributed by atoms with van der Waals surface area (Å²) < 4.78 is 37.9. The molecular formula is C7H8F3N5. The largest absolute Gasteiger partial charge is 0.435 e. The number of rotatable bonds is 3. The van der Waals surface area contributed by atoms with Gasteiger partial charge in [0.15, 0.2) is 5.69 Å². The zero-order chi connectivity index (χ0) is 11.5. The summed E-state index contributed by atoms with van der Waals surface area (Å²) in [5, 5.41) is 6.56. The monoisotopic (exact) mass is 219 g/mol. The number of nitrogens with zero attached hydrogens (tertiary/aromatic N) is 5. The van der Waals surface area contributed by atoms with Crippen LogP contribution in [0, 0.1) is 0 Å². The van der Waals surface area contributed by atoms with Gasteiger partial charge in [0.1, 0.15) is 0 Å². The molecule has 0 amide bonds. The minimum atomic E-state index is -4.47. The van der Waals surface area contributed by atoms with Gasteiger partial charge in [-0.15, -0.1) is 0 Å². The molecule has 0 atom stereocenters. The highest BCUT2D eigenvalue weighted by Crippen LogP contribution is 2.28. The molecule has 0 aliphatic carbocycles. The number of halogens is 3. The lowest BCUT2D eigenvalue weighted by Gasteiger charge is -2.00. The van der Waals surface area contributed by atoms with Crippen LogP contribution in [0.2, 0.25) is 0 Å². The van der Waals surface area contributed by atoms with E-state index in [0.29, 0.717) is 6.54 Å². The van der Waals surface area contributed by atoms with E-state index in [1.165, 1.54) is 0 Å². The smallest absolute Gasteiger partial charge is 0.269 e. The number of aryl methyl sites for hydroxylation is 1. The van der Waals surface area contributed by atoms with Crippen LogP contribution >= 0.6 is 0 Å². The Labute approximate surface area is 83.1 Å². The second-order valence-electron chi connectivity index (χ2n) is 2.72. The second-order valence-corrected chi connectivity index (χ2v) is 2.72. The van der Waals surface area contributed by atoms with Gasteiger partial charge in [0.2, 0.25) is 0 Å². The van der Waals surface area contributed by atoms with E-state index >= 15 is 0 Å². The zero-order valence-electron chi connectivity index (χ0n) is 7.86. The molecule has 0 aromatic carbocycles. The van der Waals surface area contributed by atoms with Crippen molar-refractivity contribution in [2.75, 3.05) is 0 Å². The van der Waals surface area contributed by atoms with Gasteiger partial charge in [-0.2, -0.15) is 18.3 Å². The predicted octanol–water partition coefficient (Wildman–Crippen LogP) is 2.73. The molecule has 0 aliphatic heterocycles. The van der Waals surface area contributed by atoms with Crippen molar-refractivity contribution in [3.05, 3.63) is 27.9 Å². The number of hydrogen-bond donors (Lipinski definition) is 0. The predicted molar refractivity (Wildman–Crippen MR) is 45.8 cm³/mol. The third kappa shape index (κ3) is 2.63. The molecule has 0 bridgehead atoms. The third-order valence-electron chi connectivity index (χ3n) is 1.75. The molecule has 5 nitrogen and oxygen atoms in total. The Kier molecular flexibility index (Phi) is 3.21. The van der Waals surface area contributed by atoms with E-state index in [9.17, 15) is 13.2 Å². The van der Waals surface area contributed by atoms with Gasteiger partial charge in [-0.3, -0.25) is 4.68 Å². The highest BCUT2D eigenvalue weighted by Gasteiger charge is 2.34. The van der Waals surface area contributed by atoms with Crippen LogP contribution in [0.15, 0.2) is 11.2 Å². The van der Waals surface area contributed by atoms with E-state index in [2.05, 4.69) is 15.1 Å². The topological polar surface area (TPSA) is 66.6 Å². The summed E-state index contributed by atoms with van der Waals surface area (Å²) in [6.45, 7) is 1.83. The second kappa shape index (κ2) is 4.22. The van der Waals surface area contributed by atoms with Crippen molar-refractivity contribution >= 4 is 0 Å². The highest BCUT2D eigenvalue weighted by atomic mass is 19.4. The standard InChI is InChI=1S/C7H8F3N5/c1-2-15-5(4-12-14-11)3-6(13-15)7(8,9)10/h3H,2,4H2,1H3. The molecule has 0 N–H and O–H groups in total. The van der Waals surface area contributed by atoms with E-state index in [1.807, 2.05) is 0 Å². The van der Waals surface area contributed by atoms with Crippen LogP contribution in [0.3, 0.4) is 0 Å². The molecule has 0 unspecified atom stereocenters. The van der Waals surface area contributed by atoms with Gasteiger partial charge < -0.3 is 0 Å². The van der Waals surface area contributed by atoms with Crippen LogP contribution in [0.4, 0.5) is 13.2 Å². The maximum absolute atomic E-state index is 12.3. The summed E-state index contributed by atoms with van der Waals surface area (Å²) in [6, 6.07) is 0.887. The van der Waals surface area contributed by atoms with E-state index in [-0.39, 0.29) is 12.2 Å². The first-order valence-electron chi connectivity index (χ1n) is 4.13. The van der Waals surface area contributed by atoms with Crippen molar-refractivity contribution in [1.82, 2.24) is 9.78 Å². The Hall–Kier alpha value is -1.69. The van der Waals surface area contributed by atoms with Crippen molar-refractivity contribution in [1.29, 1.82) is 0 Å². The van der Waals surface area contributed by atoms with Crippen LogP contribution < -0.4 is 0 Å². The molecule has 0 aliphatic rings. The van der Waals surface area contributed by atoms with Crippen LogP contribution in [0.5, 0.6) is 0 Å². The molecule has 0 saturated heterocycles. The van der Waals surface area contributed by atoms with Crippen molar-refractivity contribution in [3.8, 4) is 0 Å². The lowest BCUT2D eigenvalue weighted by Crippen LogP contribution is -2.07. The van der Waals surface area contributed by atoms with Gasteiger partial charge in [0.25, 0.3) is 0 Å². The Morgan fingerprint density at radius 2 is 2.27 bits per heavy atom. The van der Waals surface area contributed by atoms with Gasteiger partial charge in [-0.25, -0.2) is 0 Å². The molecule has 8 heteroatoms. The molecule has 1 aromatic rings. The summed E-state index contributed by atoms with van der Waals surface area (Å²) in [4.78, 5) is 2.48. The average molecular weight is 219 g/mol. The van der Waals surface area contributed by atoms with Crippen LogP contribution in [0.25, 0.3) is 10.4 Å². The lowest BCUT2D eigenvalue weighted by molar-refractivity contribution is -0.141. The maximum atomic E-state index is 12.3. The van der Waals surface area contributed by atoms with Gasteiger partial charge in [0.05, 0.1) is 6.54 Å². The van der Waals surface area contributed by atoms with E-state index in [0.717, 1.165) is 10.7 Å². The first-order chi connectivity index (χ1) is 6.99. The molecule has 82 valence electrons. The molecule has 1 aromatic heterocycles. The maximum Gasteiger partial charge on any atom is 0.435 e. The molecule has 1 heterocycles. The molecule has 15 heavy (non-hydrogen) atoms. The fourth-order valence-electron chi connectivity index (χ4n) is 1.10. The Morgan fingerprint density at radius 1 is 1.60 bits per heavy atom. The number of alkyl halides is 3. The molecule has 0 fully saturated rings. The third-order valence-corrected chi connectivity index (χ3v) is 1.75. The minimum Gasteiger partial charge on any atom is -0.269 e. The van der Waals surface area contributed by atoms with Crippen molar-refractivity contribution in [2.45, 2.75) is 26.2 Å². The first kappa shape index (κ1) is 11.4. The summed E-state index contributed by atoms with van der Waals surface area (Å²) >= 11 is 0. The van der Waals surface area contributed by atoms with Gasteiger partial charge in [-0.05, 0) is 18.5 Å². The molecule has 0 spiro atoms. The fourth-order valence-corrected chi connectivity index (χ4v) is 1.10. The number of aromatic nitrogens is 2. The molecular weight excluding hydrogens is 211 g/mol. The molecule has 0 radical (unpaired) electrons. The minimum absolute atomic E-state index is 0.132. The highest BCUT2D eigenvalue weighted by molar-refractivity contribution is 5.13. The summed E-state index contributed by atoms with van der Waals surface area (Å²) in [7, 11) is 0. The Bertz CT molecular complexity index is 388. The number of hydrogen-bond acceptors (Lipinski definition) is 2. The summed E-state index contributed by atoms with van der Waals surface area (Å²) in [5.41, 5.74) is 7.35. The quantitative estimate of drug-likeness (QED) is 0.437. The zero-order valence-corrected chi connectivity index (χ0v) is 7.86. The SMILES string of the molecule is CCn1nc(C(F)(F)F)cc1CN=[N+]=[N-]. The van der Waals surface area contributed by atoms with Gasteiger partial charge in [0, 0.05) is 17.2 Å². The average Bonchev–Trinajstić information content (AvgIpc) is 2.57. The van der Waals surface area contributed by atoms with E-state index in [1.54, 1.807) is 6.92 Å². The summed E-state index contributed by atoms with van der Waals surface area (Å²) in [6.07, 6.45) is -4.47. The van der Waals surface area contributed by atoms with Gasteiger partial charge in [-0.1, -0.05) is 5.11 Å². The Balaban J connectivity index is 3.05. The van der Waals surface area contributed by atoms with Gasteiger partial charge >= 0.3 is 6.18 Å². The molecule has 1 rings (SSSR count). The Morgan fingerprint density at radius 3 is 2.73 bits per heavy atom.